The van der Waals surface area contributed by atoms with E-state index in [0.29, 0.717) is 22.1 Å². The molecule has 0 aliphatic carbocycles. The van der Waals surface area contributed by atoms with E-state index in [1.54, 1.807) is 48.5 Å². The van der Waals surface area contributed by atoms with Crippen molar-refractivity contribution in [1.82, 2.24) is 5.01 Å². The van der Waals surface area contributed by atoms with Crippen LogP contribution in [0, 0.1) is 0 Å². The Morgan fingerprint density at radius 1 is 1.14 bits per heavy atom. The molecular weight excluding hydrogens is 398 g/mol. The van der Waals surface area contributed by atoms with Crippen LogP contribution in [0.3, 0.4) is 0 Å². The number of anilines is 2. The largest absolute Gasteiger partial charge is 0.497 e. The van der Waals surface area contributed by atoms with Crippen molar-refractivity contribution in [3.63, 3.8) is 0 Å². The molecule has 1 fully saturated rings. The van der Waals surface area contributed by atoms with Gasteiger partial charge < -0.3 is 10.1 Å². The molecule has 2 aliphatic rings. The smallest absolute Gasteiger partial charge is 0.263 e. The summed E-state index contributed by atoms with van der Waals surface area (Å²) in [6.07, 6.45) is 0. The average molecular weight is 414 g/mol. The van der Waals surface area contributed by atoms with Crippen molar-refractivity contribution in [2.45, 2.75) is 12.1 Å². The highest BCUT2D eigenvalue weighted by molar-refractivity contribution is 6.33. The second-order valence-electron chi connectivity index (χ2n) is 6.43. The Kier molecular flexibility index (Phi) is 4.89. The van der Waals surface area contributed by atoms with Crippen LogP contribution in [0.2, 0.25) is 5.02 Å². The molecule has 2 aromatic rings. The van der Waals surface area contributed by atoms with Gasteiger partial charge in [0.2, 0.25) is 5.91 Å². The first-order valence-electron chi connectivity index (χ1n) is 8.73. The molecule has 10 heteroatoms. The second-order valence-corrected chi connectivity index (χ2v) is 6.84. The standard InChI is InChI=1S/C19H16ClN5O4/c1-29-12-8-6-11(7-9-12)25-18(27)16-17(19(25)28)24(23-22-16)10-15(26)21-14-5-3-2-4-13(14)20/h2-9,16-17H,10H2,1H3,(H,21,26)/t16-,17+/m0/s1. The number of hydrogen-bond donors (Lipinski definition) is 1. The Hall–Kier alpha value is -3.46. The normalized spacial score (nSPS) is 20.2. The summed E-state index contributed by atoms with van der Waals surface area (Å²) >= 11 is 6.04. The van der Waals surface area contributed by atoms with Crippen LogP contribution in [0.15, 0.2) is 58.9 Å². The predicted octanol–water partition coefficient (Wildman–Crippen LogP) is 2.28. The van der Waals surface area contributed by atoms with Crippen LogP contribution in [0.5, 0.6) is 5.75 Å². The monoisotopic (exact) mass is 413 g/mol. The van der Waals surface area contributed by atoms with Crippen molar-refractivity contribution in [3.05, 3.63) is 53.6 Å². The minimum atomic E-state index is -0.974. The number of hydrogen-bond acceptors (Lipinski definition) is 7. The molecule has 1 saturated heterocycles. The molecule has 3 amide bonds. The van der Waals surface area contributed by atoms with E-state index in [0.717, 1.165) is 4.90 Å². The Bertz CT molecular complexity index is 1010. The number of nitrogens with one attached hydrogen (secondary N) is 1. The fourth-order valence-corrected chi connectivity index (χ4v) is 3.42. The maximum absolute atomic E-state index is 12.9. The van der Waals surface area contributed by atoms with Gasteiger partial charge in [0.1, 0.15) is 12.3 Å². The van der Waals surface area contributed by atoms with Crippen LogP contribution in [0.4, 0.5) is 11.4 Å². The molecular formula is C19H16ClN5O4. The first kappa shape index (κ1) is 18.9. The zero-order valence-corrected chi connectivity index (χ0v) is 16.0. The number of fused-ring (bicyclic) bond motifs is 1. The van der Waals surface area contributed by atoms with Gasteiger partial charge in [-0.05, 0) is 36.4 Å². The Morgan fingerprint density at radius 2 is 1.86 bits per heavy atom. The average Bonchev–Trinajstić information content (AvgIpc) is 3.23. The summed E-state index contributed by atoms with van der Waals surface area (Å²) in [5.41, 5.74) is 0.853. The van der Waals surface area contributed by atoms with Crippen LogP contribution in [-0.2, 0) is 14.4 Å². The third-order valence-corrected chi connectivity index (χ3v) is 4.97. The number of para-hydroxylation sites is 1. The number of methoxy groups -OCH3 is 1. The highest BCUT2D eigenvalue weighted by atomic mass is 35.5. The van der Waals surface area contributed by atoms with Crippen LogP contribution in [-0.4, -0.2) is 48.5 Å². The number of ether oxygens (including phenoxy) is 1. The lowest BCUT2D eigenvalue weighted by Crippen LogP contribution is -2.43. The van der Waals surface area contributed by atoms with Crippen molar-refractivity contribution >= 4 is 40.7 Å². The fraction of sp³-hybridized carbons (Fsp3) is 0.211. The van der Waals surface area contributed by atoms with Gasteiger partial charge in [0, 0.05) is 0 Å². The first-order valence-corrected chi connectivity index (χ1v) is 9.11. The molecule has 0 unspecified atom stereocenters. The summed E-state index contributed by atoms with van der Waals surface area (Å²) < 4.78 is 5.09. The maximum Gasteiger partial charge on any atom is 0.263 e. The topological polar surface area (TPSA) is 104 Å². The summed E-state index contributed by atoms with van der Waals surface area (Å²) in [5.74, 6) is -0.796. The van der Waals surface area contributed by atoms with E-state index in [1.807, 2.05) is 0 Å². The lowest BCUT2D eigenvalue weighted by atomic mass is 10.1. The number of nitrogens with zero attached hydrogens (tertiary/aromatic N) is 4. The minimum Gasteiger partial charge on any atom is -0.497 e. The second kappa shape index (κ2) is 7.51. The number of imide groups is 1. The van der Waals surface area contributed by atoms with Gasteiger partial charge in [-0.1, -0.05) is 29.0 Å². The van der Waals surface area contributed by atoms with Gasteiger partial charge in [0.15, 0.2) is 12.1 Å². The molecule has 4 rings (SSSR count). The highest BCUT2D eigenvalue weighted by Crippen LogP contribution is 2.32. The van der Waals surface area contributed by atoms with Gasteiger partial charge in [0.05, 0.1) is 23.5 Å². The Labute approximate surface area is 170 Å². The zero-order chi connectivity index (χ0) is 20.5. The molecule has 0 bridgehead atoms. The number of carbonyl (C=O) groups excluding carboxylic acids is 3. The predicted molar refractivity (Wildman–Crippen MR) is 105 cm³/mol. The summed E-state index contributed by atoms with van der Waals surface area (Å²) in [6.45, 7) is -0.245. The molecule has 1 N–H and O–H groups in total. The van der Waals surface area contributed by atoms with Crippen molar-refractivity contribution in [2.24, 2.45) is 10.3 Å². The van der Waals surface area contributed by atoms with E-state index in [1.165, 1.54) is 12.1 Å². The van der Waals surface area contributed by atoms with E-state index < -0.39 is 29.8 Å². The molecule has 0 saturated carbocycles. The highest BCUT2D eigenvalue weighted by Gasteiger charge is 2.55. The molecule has 0 aromatic heterocycles. The third kappa shape index (κ3) is 3.40. The van der Waals surface area contributed by atoms with Gasteiger partial charge in [-0.3, -0.25) is 19.4 Å². The zero-order valence-electron chi connectivity index (χ0n) is 15.3. The molecule has 2 aromatic carbocycles. The van der Waals surface area contributed by atoms with E-state index in [2.05, 4.69) is 15.7 Å². The van der Waals surface area contributed by atoms with E-state index >= 15 is 0 Å². The summed E-state index contributed by atoms with van der Waals surface area (Å²) in [5, 5.41) is 12.0. The molecule has 0 spiro atoms. The van der Waals surface area contributed by atoms with E-state index in [4.69, 9.17) is 16.3 Å². The van der Waals surface area contributed by atoms with Gasteiger partial charge in [0.25, 0.3) is 11.8 Å². The molecule has 29 heavy (non-hydrogen) atoms. The van der Waals surface area contributed by atoms with Gasteiger partial charge in [-0.15, -0.1) is 0 Å². The first-order chi connectivity index (χ1) is 14.0. The fourth-order valence-electron chi connectivity index (χ4n) is 3.24. The summed E-state index contributed by atoms with van der Waals surface area (Å²) in [7, 11) is 1.53. The lowest BCUT2D eigenvalue weighted by Gasteiger charge is -2.20. The van der Waals surface area contributed by atoms with Gasteiger partial charge in [-0.2, -0.15) is 5.11 Å². The van der Waals surface area contributed by atoms with Crippen molar-refractivity contribution in [2.75, 3.05) is 23.9 Å². The number of amides is 3. The number of halogens is 1. The van der Waals surface area contributed by atoms with E-state index in [9.17, 15) is 14.4 Å². The maximum atomic E-state index is 12.9. The van der Waals surface area contributed by atoms with Crippen LogP contribution < -0.4 is 15.0 Å². The molecule has 2 aliphatic heterocycles. The number of benzene rings is 2. The SMILES string of the molecule is COc1ccc(N2C(=O)[C@H]3N=NN(CC(=O)Nc4ccccc4Cl)[C@H]3C2=O)cc1. The minimum absolute atomic E-state index is 0.245. The summed E-state index contributed by atoms with van der Waals surface area (Å²) in [4.78, 5) is 39.1. The van der Waals surface area contributed by atoms with Crippen LogP contribution >= 0.6 is 11.6 Å². The van der Waals surface area contributed by atoms with Crippen LogP contribution in [0.25, 0.3) is 0 Å². The summed E-state index contributed by atoms with van der Waals surface area (Å²) in [6, 6.07) is 11.4. The Morgan fingerprint density at radius 3 is 2.55 bits per heavy atom. The van der Waals surface area contributed by atoms with E-state index in [-0.39, 0.29) is 6.54 Å². The van der Waals surface area contributed by atoms with Crippen molar-refractivity contribution in [1.29, 1.82) is 0 Å². The lowest BCUT2D eigenvalue weighted by molar-refractivity contribution is -0.123. The molecule has 0 radical (unpaired) electrons. The van der Waals surface area contributed by atoms with Crippen LogP contribution in [0.1, 0.15) is 0 Å². The molecule has 2 heterocycles. The van der Waals surface area contributed by atoms with Crippen molar-refractivity contribution < 1.29 is 19.1 Å². The number of carbonyl (C=O) groups is 3. The quantitative estimate of drug-likeness (QED) is 0.757. The molecule has 9 nitrogen and oxygen atoms in total. The van der Waals surface area contributed by atoms with Crippen molar-refractivity contribution in [3.8, 4) is 5.75 Å². The Balaban J connectivity index is 1.49. The van der Waals surface area contributed by atoms with Gasteiger partial charge in [-0.25, -0.2) is 4.90 Å². The third-order valence-electron chi connectivity index (χ3n) is 4.64. The molecule has 148 valence electrons. The molecule has 2 atom stereocenters. The van der Waals surface area contributed by atoms with Gasteiger partial charge >= 0.3 is 0 Å². The number of rotatable bonds is 5.